The Morgan fingerprint density at radius 3 is 2.21 bits per heavy atom. The lowest BCUT2D eigenvalue weighted by Gasteiger charge is -2.14. The Balaban J connectivity index is 3.98. The van der Waals surface area contributed by atoms with Crippen LogP contribution in [0.4, 0.5) is 0 Å². The van der Waals surface area contributed by atoms with Gasteiger partial charge in [-0.3, -0.25) is 4.79 Å². The smallest absolute Gasteiger partial charge is 0.347 e. The number of carbonyl (C=O) groups excluding carboxylic acids is 2. The fraction of sp³-hybridized carbons (Fsp3) is 0.800. The maximum absolute atomic E-state index is 11.3. The summed E-state index contributed by atoms with van der Waals surface area (Å²) in [5.41, 5.74) is 0. The maximum Gasteiger partial charge on any atom is 0.347 e. The van der Waals surface area contributed by atoms with Crippen molar-refractivity contribution >= 4 is 11.9 Å². The topological polar surface area (TPSA) is 52.6 Å². The Kier molecular flexibility index (Phi) is 5.92. The highest BCUT2D eigenvalue weighted by atomic mass is 16.6. The van der Waals surface area contributed by atoms with Crippen molar-refractivity contribution in [2.24, 2.45) is 5.92 Å². The molecule has 0 spiro atoms. The molecular formula is C10H18O4. The summed E-state index contributed by atoms with van der Waals surface area (Å²) in [4.78, 5) is 21.9. The summed E-state index contributed by atoms with van der Waals surface area (Å²) in [6, 6.07) is 0. The first-order valence-corrected chi connectivity index (χ1v) is 4.81. The van der Waals surface area contributed by atoms with Gasteiger partial charge in [0.05, 0.1) is 6.61 Å². The van der Waals surface area contributed by atoms with Gasteiger partial charge in [0.1, 0.15) is 0 Å². The van der Waals surface area contributed by atoms with E-state index in [4.69, 9.17) is 9.47 Å². The van der Waals surface area contributed by atoms with E-state index in [-0.39, 0.29) is 5.92 Å². The van der Waals surface area contributed by atoms with E-state index in [0.29, 0.717) is 13.0 Å². The Morgan fingerprint density at radius 2 is 1.86 bits per heavy atom. The average molecular weight is 202 g/mol. The summed E-state index contributed by atoms with van der Waals surface area (Å²) in [6.45, 7) is 7.29. The molecule has 0 bridgehead atoms. The molecule has 14 heavy (non-hydrogen) atoms. The third-order valence-electron chi connectivity index (χ3n) is 1.50. The molecule has 0 amide bonds. The second-order valence-corrected chi connectivity index (χ2v) is 3.53. The molecule has 0 aliphatic rings. The van der Waals surface area contributed by atoms with Gasteiger partial charge < -0.3 is 9.47 Å². The van der Waals surface area contributed by atoms with Crippen LogP contribution in [-0.4, -0.2) is 24.6 Å². The van der Waals surface area contributed by atoms with Crippen molar-refractivity contribution in [3.05, 3.63) is 0 Å². The summed E-state index contributed by atoms with van der Waals surface area (Å²) >= 11 is 0. The minimum absolute atomic E-state index is 0.286. The van der Waals surface area contributed by atoms with Crippen LogP contribution >= 0.6 is 0 Å². The van der Waals surface area contributed by atoms with Crippen molar-refractivity contribution in [1.82, 2.24) is 0 Å². The fourth-order valence-electron chi connectivity index (χ4n) is 0.840. The van der Waals surface area contributed by atoms with E-state index in [1.807, 2.05) is 13.8 Å². The van der Waals surface area contributed by atoms with E-state index < -0.39 is 18.0 Å². The number of hydrogen-bond acceptors (Lipinski definition) is 4. The lowest BCUT2D eigenvalue weighted by atomic mass is 10.2. The molecule has 0 rings (SSSR count). The van der Waals surface area contributed by atoms with Crippen molar-refractivity contribution < 1.29 is 19.1 Å². The van der Waals surface area contributed by atoms with Gasteiger partial charge in [-0.25, -0.2) is 4.79 Å². The van der Waals surface area contributed by atoms with Crippen LogP contribution in [-0.2, 0) is 19.1 Å². The van der Waals surface area contributed by atoms with Gasteiger partial charge in [0.2, 0.25) is 0 Å². The Labute approximate surface area is 84.6 Å². The van der Waals surface area contributed by atoms with Crippen molar-refractivity contribution in [3.8, 4) is 0 Å². The average Bonchev–Trinajstić information content (AvgIpc) is 2.09. The van der Waals surface area contributed by atoms with E-state index >= 15 is 0 Å². The van der Waals surface area contributed by atoms with Crippen molar-refractivity contribution in [3.63, 3.8) is 0 Å². The Morgan fingerprint density at radius 1 is 1.29 bits per heavy atom. The second-order valence-electron chi connectivity index (χ2n) is 3.53. The van der Waals surface area contributed by atoms with Crippen molar-refractivity contribution in [1.29, 1.82) is 0 Å². The van der Waals surface area contributed by atoms with E-state index in [1.54, 1.807) is 6.92 Å². The minimum atomic E-state index is -0.758. The van der Waals surface area contributed by atoms with Gasteiger partial charge in [-0.2, -0.15) is 0 Å². The first-order chi connectivity index (χ1) is 6.47. The quantitative estimate of drug-likeness (QED) is 0.634. The zero-order valence-corrected chi connectivity index (χ0v) is 9.20. The molecule has 4 nitrogen and oxygen atoms in total. The number of ether oxygens (including phenoxy) is 2. The first kappa shape index (κ1) is 12.9. The Hall–Kier alpha value is -1.06. The minimum Gasteiger partial charge on any atom is -0.463 e. The summed E-state index contributed by atoms with van der Waals surface area (Å²) < 4.78 is 9.72. The van der Waals surface area contributed by atoms with E-state index in [1.165, 1.54) is 6.92 Å². The molecule has 0 aromatic heterocycles. The predicted molar refractivity (Wildman–Crippen MR) is 51.6 cm³/mol. The predicted octanol–water partition coefficient (Wildman–Crippen LogP) is 1.53. The summed E-state index contributed by atoms with van der Waals surface area (Å²) in [6.07, 6.45) is -0.317. The van der Waals surface area contributed by atoms with E-state index in [0.717, 1.165) is 0 Å². The number of esters is 2. The molecule has 0 saturated carbocycles. The molecule has 0 aliphatic heterocycles. The zero-order chi connectivity index (χ0) is 11.1. The van der Waals surface area contributed by atoms with Crippen molar-refractivity contribution in [2.45, 2.75) is 40.2 Å². The molecule has 0 aromatic rings. The number of rotatable bonds is 5. The van der Waals surface area contributed by atoms with Crippen LogP contribution in [0.1, 0.15) is 34.1 Å². The van der Waals surface area contributed by atoms with Gasteiger partial charge >= 0.3 is 11.9 Å². The van der Waals surface area contributed by atoms with Crippen LogP contribution in [0.3, 0.4) is 0 Å². The van der Waals surface area contributed by atoms with Gasteiger partial charge in [-0.05, 0) is 12.3 Å². The lowest BCUT2D eigenvalue weighted by Crippen LogP contribution is -2.28. The molecule has 4 heteroatoms. The van der Waals surface area contributed by atoms with Gasteiger partial charge in [-0.1, -0.05) is 20.8 Å². The van der Waals surface area contributed by atoms with Crippen LogP contribution < -0.4 is 0 Å². The standard InChI is InChI=1S/C10H18O4/c1-5-9(14-8(4)11)10(12)13-6-7(2)3/h7,9H,5-6H2,1-4H3/t9-/m0/s1. The van der Waals surface area contributed by atoms with Crippen LogP contribution in [0.2, 0.25) is 0 Å². The summed E-state index contributed by atoms with van der Waals surface area (Å²) in [5.74, 6) is -0.636. The fourth-order valence-corrected chi connectivity index (χ4v) is 0.840. The molecular weight excluding hydrogens is 184 g/mol. The van der Waals surface area contributed by atoms with E-state index in [9.17, 15) is 9.59 Å². The van der Waals surface area contributed by atoms with Crippen LogP contribution in [0, 0.1) is 5.92 Å². The normalized spacial score (nSPS) is 12.4. The molecule has 1 atom stereocenters. The highest BCUT2D eigenvalue weighted by molar-refractivity contribution is 5.78. The largest absolute Gasteiger partial charge is 0.463 e. The van der Waals surface area contributed by atoms with Gasteiger partial charge in [0, 0.05) is 6.92 Å². The Bertz CT molecular complexity index is 198. The SMILES string of the molecule is CC[C@H](OC(C)=O)C(=O)OCC(C)C. The summed E-state index contributed by atoms with van der Waals surface area (Å²) in [5, 5.41) is 0. The number of carbonyl (C=O) groups is 2. The molecule has 0 N–H and O–H groups in total. The molecule has 0 fully saturated rings. The first-order valence-electron chi connectivity index (χ1n) is 4.81. The van der Waals surface area contributed by atoms with E-state index in [2.05, 4.69) is 0 Å². The second kappa shape index (κ2) is 6.40. The highest BCUT2D eigenvalue weighted by Crippen LogP contribution is 2.03. The highest BCUT2D eigenvalue weighted by Gasteiger charge is 2.20. The van der Waals surface area contributed by atoms with Crippen LogP contribution in [0.25, 0.3) is 0 Å². The van der Waals surface area contributed by atoms with Gasteiger partial charge in [0.25, 0.3) is 0 Å². The molecule has 0 aliphatic carbocycles. The molecule has 0 radical (unpaired) electrons. The molecule has 82 valence electrons. The molecule has 0 saturated heterocycles. The monoisotopic (exact) mass is 202 g/mol. The van der Waals surface area contributed by atoms with Gasteiger partial charge in [-0.15, -0.1) is 0 Å². The third-order valence-corrected chi connectivity index (χ3v) is 1.50. The van der Waals surface area contributed by atoms with Crippen LogP contribution in [0.15, 0.2) is 0 Å². The maximum atomic E-state index is 11.3. The molecule has 0 unspecified atom stereocenters. The summed E-state index contributed by atoms with van der Waals surface area (Å²) in [7, 11) is 0. The van der Waals surface area contributed by atoms with Crippen LogP contribution in [0.5, 0.6) is 0 Å². The van der Waals surface area contributed by atoms with Crippen molar-refractivity contribution in [2.75, 3.05) is 6.61 Å². The number of hydrogen-bond donors (Lipinski definition) is 0. The lowest BCUT2D eigenvalue weighted by molar-refractivity contribution is -0.167. The zero-order valence-electron chi connectivity index (χ0n) is 9.20. The third kappa shape index (κ3) is 5.56. The van der Waals surface area contributed by atoms with Gasteiger partial charge in [0.15, 0.2) is 6.10 Å². The molecule has 0 heterocycles. The molecule has 0 aromatic carbocycles.